The Balaban J connectivity index is 3.33. The van der Waals surface area contributed by atoms with E-state index in [0.29, 0.717) is 0 Å². The average molecular weight is 219 g/mol. The zero-order chi connectivity index (χ0) is 11.7. The van der Waals surface area contributed by atoms with E-state index in [0.717, 1.165) is 0 Å². The SMILES string of the molecule is NC(=O)OCCNC(=O)NCCC(=O)O. The molecule has 0 aliphatic heterocycles. The van der Waals surface area contributed by atoms with Crippen LogP contribution in [-0.4, -0.2) is 42.9 Å². The third-order valence-corrected chi connectivity index (χ3v) is 1.26. The number of rotatable bonds is 6. The van der Waals surface area contributed by atoms with Gasteiger partial charge in [-0.2, -0.15) is 0 Å². The lowest BCUT2D eigenvalue weighted by molar-refractivity contribution is -0.136. The summed E-state index contributed by atoms with van der Waals surface area (Å²) in [6, 6.07) is -0.524. The number of amides is 3. The fourth-order valence-electron chi connectivity index (χ4n) is 0.662. The Hall–Kier alpha value is -1.99. The van der Waals surface area contributed by atoms with Crippen molar-refractivity contribution in [3.05, 3.63) is 0 Å². The van der Waals surface area contributed by atoms with E-state index < -0.39 is 18.1 Å². The van der Waals surface area contributed by atoms with E-state index in [-0.39, 0.29) is 26.1 Å². The van der Waals surface area contributed by atoms with E-state index >= 15 is 0 Å². The molecule has 8 heteroatoms. The molecule has 0 aromatic heterocycles. The quantitative estimate of drug-likeness (QED) is 0.419. The zero-order valence-corrected chi connectivity index (χ0v) is 7.99. The van der Waals surface area contributed by atoms with E-state index in [4.69, 9.17) is 5.11 Å². The van der Waals surface area contributed by atoms with Crippen LogP contribution in [0.1, 0.15) is 6.42 Å². The minimum Gasteiger partial charge on any atom is -0.481 e. The molecule has 0 radical (unpaired) electrons. The van der Waals surface area contributed by atoms with E-state index in [9.17, 15) is 14.4 Å². The first-order chi connectivity index (χ1) is 7.02. The number of carbonyl (C=O) groups excluding carboxylic acids is 2. The molecule has 0 unspecified atom stereocenters. The lowest BCUT2D eigenvalue weighted by Crippen LogP contribution is -2.38. The molecule has 0 aromatic rings. The van der Waals surface area contributed by atoms with E-state index in [2.05, 4.69) is 21.1 Å². The predicted molar refractivity (Wildman–Crippen MR) is 49.2 cm³/mol. The second-order valence-corrected chi connectivity index (χ2v) is 2.49. The summed E-state index contributed by atoms with van der Waals surface area (Å²) in [5.74, 6) is -0.993. The van der Waals surface area contributed by atoms with Crippen LogP contribution in [0.15, 0.2) is 0 Å². The van der Waals surface area contributed by atoms with Crippen molar-refractivity contribution in [1.29, 1.82) is 0 Å². The third-order valence-electron chi connectivity index (χ3n) is 1.26. The molecule has 3 amide bonds. The molecule has 5 N–H and O–H groups in total. The number of hydrogen-bond donors (Lipinski definition) is 4. The zero-order valence-electron chi connectivity index (χ0n) is 7.99. The average Bonchev–Trinajstić information content (AvgIpc) is 2.11. The largest absolute Gasteiger partial charge is 0.481 e. The highest BCUT2D eigenvalue weighted by Crippen LogP contribution is 1.76. The van der Waals surface area contributed by atoms with E-state index in [1.807, 2.05) is 0 Å². The number of carboxylic acids is 1. The van der Waals surface area contributed by atoms with Gasteiger partial charge in [0.25, 0.3) is 0 Å². The fraction of sp³-hybridized carbons (Fsp3) is 0.571. The van der Waals surface area contributed by atoms with Gasteiger partial charge in [0.2, 0.25) is 0 Å². The molecule has 0 heterocycles. The lowest BCUT2D eigenvalue weighted by atomic mass is 10.4. The first-order valence-electron chi connectivity index (χ1n) is 4.18. The highest BCUT2D eigenvalue weighted by molar-refractivity contribution is 5.75. The molecule has 15 heavy (non-hydrogen) atoms. The van der Waals surface area contributed by atoms with Gasteiger partial charge in [0.05, 0.1) is 13.0 Å². The Labute approximate surface area is 85.8 Å². The van der Waals surface area contributed by atoms with Gasteiger partial charge in [-0.1, -0.05) is 0 Å². The Morgan fingerprint density at radius 2 is 1.80 bits per heavy atom. The van der Waals surface area contributed by atoms with E-state index in [1.165, 1.54) is 0 Å². The summed E-state index contributed by atoms with van der Waals surface area (Å²) in [5, 5.41) is 12.9. The number of carbonyl (C=O) groups is 3. The molecular weight excluding hydrogens is 206 g/mol. The van der Waals surface area contributed by atoms with Gasteiger partial charge in [-0.25, -0.2) is 9.59 Å². The van der Waals surface area contributed by atoms with Crippen molar-refractivity contribution in [2.24, 2.45) is 5.73 Å². The Morgan fingerprint density at radius 1 is 1.20 bits per heavy atom. The molecule has 0 aliphatic rings. The molecule has 86 valence electrons. The number of nitrogens with two attached hydrogens (primary N) is 1. The summed E-state index contributed by atoms with van der Waals surface area (Å²) in [4.78, 5) is 31.1. The number of primary amides is 1. The van der Waals surface area contributed by atoms with Crippen molar-refractivity contribution < 1.29 is 24.2 Å². The topological polar surface area (TPSA) is 131 Å². The molecule has 0 saturated heterocycles. The van der Waals surface area contributed by atoms with Crippen LogP contribution < -0.4 is 16.4 Å². The number of hydrogen-bond acceptors (Lipinski definition) is 4. The van der Waals surface area contributed by atoms with Gasteiger partial charge in [-0.3, -0.25) is 4.79 Å². The minimum atomic E-state index is -0.993. The van der Waals surface area contributed by atoms with Crippen LogP contribution in [0, 0.1) is 0 Å². The van der Waals surface area contributed by atoms with Crippen molar-refractivity contribution in [1.82, 2.24) is 10.6 Å². The van der Waals surface area contributed by atoms with Crippen LogP contribution in [-0.2, 0) is 9.53 Å². The van der Waals surface area contributed by atoms with E-state index in [1.54, 1.807) is 0 Å². The van der Waals surface area contributed by atoms with Crippen LogP contribution in [0.3, 0.4) is 0 Å². The normalized spacial score (nSPS) is 9.07. The van der Waals surface area contributed by atoms with Gasteiger partial charge in [0.1, 0.15) is 6.61 Å². The van der Waals surface area contributed by atoms with Gasteiger partial charge < -0.3 is 26.2 Å². The maximum atomic E-state index is 10.9. The smallest absolute Gasteiger partial charge is 0.404 e. The van der Waals surface area contributed by atoms with Gasteiger partial charge in [0, 0.05) is 6.54 Å². The Kier molecular flexibility index (Phi) is 6.43. The van der Waals surface area contributed by atoms with Crippen LogP contribution in [0.5, 0.6) is 0 Å². The molecule has 0 bridgehead atoms. The summed E-state index contributed by atoms with van der Waals surface area (Å²) in [7, 11) is 0. The standard InChI is InChI=1S/C7H13N3O5/c8-6(13)15-4-3-10-7(14)9-2-1-5(11)12/h1-4H2,(H2,8,13)(H,11,12)(H2,9,10,14). The molecule has 8 nitrogen and oxygen atoms in total. The number of carboxylic acid groups (broad SMARTS) is 1. The summed E-state index contributed by atoms with van der Waals surface area (Å²) >= 11 is 0. The summed E-state index contributed by atoms with van der Waals surface area (Å²) < 4.78 is 4.34. The van der Waals surface area contributed by atoms with Gasteiger partial charge in [-0.05, 0) is 0 Å². The Bertz CT molecular complexity index is 243. The predicted octanol–water partition coefficient (Wildman–Crippen LogP) is -1.14. The second kappa shape index (κ2) is 7.42. The number of nitrogens with one attached hydrogen (secondary N) is 2. The summed E-state index contributed by atoms with van der Waals surface area (Å²) in [6.45, 7) is 0.126. The molecule has 0 aliphatic carbocycles. The van der Waals surface area contributed by atoms with Crippen LogP contribution in [0.2, 0.25) is 0 Å². The second-order valence-electron chi connectivity index (χ2n) is 2.49. The fourth-order valence-corrected chi connectivity index (χ4v) is 0.662. The van der Waals surface area contributed by atoms with Crippen molar-refractivity contribution >= 4 is 18.1 Å². The molecule has 0 fully saturated rings. The van der Waals surface area contributed by atoms with Crippen molar-refractivity contribution in [2.45, 2.75) is 6.42 Å². The lowest BCUT2D eigenvalue weighted by Gasteiger charge is -2.06. The molecule has 0 saturated carbocycles. The minimum absolute atomic E-state index is 0.0261. The maximum absolute atomic E-state index is 10.9. The van der Waals surface area contributed by atoms with Crippen LogP contribution in [0.4, 0.5) is 9.59 Å². The molecular formula is C7H13N3O5. The van der Waals surface area contributed by atoms with Crippen LogP contribution >= 0.6 is 0 Å². The first-order valence-corrected chi connectivity index (χ1v) is 4.18. The third kappa shape index (κ3) is 9.93. The number of aliphatic carboxylic acids is 1. The van der Waals surface area contributed by atoms with Gasteiger partial charge in [0.15, 0.2) is 0 Å². The molecule has 0 aromatic carbocycles. The summed E-state index contributed by atoms with van der Waals surface area (Å²) in [5.41, 5.74) is 4.67. The Morgan fingerprint density at radius 3 is 2.33 bits per heavy atom. The van der Waals surface area contributed by atoms with Crippen molar-refractivity contribution in [3.8, 4) is 0 Å². The van der Waals surface area contributed by atoms with Crippen molar-refractivity contribution in [2.75, 3.05) is 19.7 Å². The number of ether oxygens (including phenoxy) is 1. The summed E-state index contributed by atoms with van der Waals surface area (Å²) in [6.07, 6.45) is -1.06. The molecule has 0 atom stereocenters. The molecule has 0 rings (SSSR count). The first kappa shape index (κ1) is 13.0. The monoisotopic (exact) mass is 219 g/mol. The molecule has 0 spiro atoms. The highest BCUT2D eigenvalue weighted by atomic mass is 16.5. The van der Waals surface area contributed by atoms with Crippen LogP contribution in [0.25, 0.3) is 0 Å². The van der Waals surface area contributed by atoms with Crippen molar-refractivity contribution in [3.63, 3.8) is 0 Å². The number of urea groups is 1. The van der Waals surface area contributed by atoms with Gasteiger partial charge >= 0.3 is 18.1 Å². The maximum Gasteiger partial charge on any atom is 0.404 e. The highest BCUT2D eigenvalue weighted by Gasteiger charge is 2.01. The van der Waals surface area contributed by atoms with Gasteiger partial charge in [-0.15, -0.1) is 0 Å².